The van der Waals surface area contributed by atoms with Crippen molar-refractivity contribution in [2.75, 3.05) is 6.26 Å². The highest BCUT2D eigenvalue weighted by Gasteiger charge is 2.29. The molecule has 1 fully saturated rings. The molecular formula is C22H17ClN2O4S. The number of rotatable bonds is 5. The predicted octanol–water partition coefficient (Wildman–Crippen LogP) is 4.98. The van der Waals surface area contributed by atoms with Gasteiger partial charge in [-0.2, -0.15) is 5.26 Å². The first-order chi connectivity index (χ1) is 14.4. The van der Waals surface area contributed by atoms with Crippen LogP contribution >= 0.6 is 23.4 Å². The summed E-state index contributed by atoms with van der Waals surface area (Å²) in [6.45, 7) is 1.66. The van der Waals surface area contributed by atoms with Crippen LogP contribution in [0, 0.1) is 18.3 Å². The molecule has 3 aromatic rings. The second kappa shape index (κ2) is 8.13. The van der Waals surface area contributed by atoms with Crippen molar-refractivity contribution < 1.29 is 13.9 Å². The number of hydrogen-bond donors (Lipinski definition) is 0. The van der Waals surface area contributed by atoms with Crippen LogP contribution in [0.25, 0.3) is 11.0 Å². The second-order valence-electron chi connectivity index (χ2n) is 7.13. The first-order valence-electron chi connectivity index (χ1n) is 9.30. The van der Waals surface area contributed by atoms with Gasteiger partial charge < -0.3 is 9.15 Å². The molecule has 152 valence electrons. The van der Waals surface area contributed by atoms with Crippen molar-refractivity contribution >= 4 is 40.3 Å². The molecule has 1 aliphatic rings. The topological polar surface area (TPSA) is 93.2 Å². The molecule has 4 rings (SSSR count). The maximum absolute atomic E-state index is 12.9. The average Bonchev–Trinajstić information content (AvgIpc) is 3.57. The van der Waals surface area contributed by atoms with Crippen molar-refractivity contribution in [2.45, 2.75) is 37.3 Å². The molecule has 8 heteroatoms. The summed E-state index contributed by atoms with van der Waals surface area (Å²) in [6.07, 6.45) is 3.86. The molecule has 0 amide bonds. The van der Waals surface area contributed by atoms with E-state index in [9.17, 15) is 14.9 Å². The summed E-state index contributed by atoms with van der Waals surface area (Å²) in [7, 11) is 0. The first kappa shape index (κ1) is 20.5. The third-order valence-corrected chi connectivity index (χ3v) is 6.08. The number of aromatic nitrogens is 1. The number of aryl methyl sites for hydroxylation is 1. The summed E-state index contributed by atoms with van der Waals surface area (Å²) in [5, 5.41) is 11.2. The Morgan fingerprint density at radius 1 is 1.37 bits per heavy atom. The first-order valence-corrected chi connectivity index (χ1v) is 10.9. The maximum Gasteiger partial charge on any atom is 0.339 e. The number of benzene rings is 1. The van der Waals surface area contributed by atoms with E-state index in [2.05, 4.69) is 11.1 Å². The molecule has 0 atom stereocenters. The number of hydrogen-bond acceptors (Lipinski definition) is 7. The number of esters is 1. The Hall–Kier alpha value is -2.82. The Bertz CT molecular complexity index is 1270. The van der Waals surface area contributed by atoms with E-state index in [0.29, 0.717) is 32.5 Å². The number of nitriles is 1. The van der Waals surface area contributed by atoms with Crippen molar-refractivity contribution in [3.05, 3.63) is 67.7 Å². The highest BCUT2D eigenvalue weighted by atomic mass is 35.5. The lowest BCUT2D eigenvalue weighted by Gasteiger charge is -2.11. The van der Waals surface area contributed by atoms with E-state index >= 15 is 0 Å². The Balaban J connectivity index is 1.68. The second-order valence-corrected chi connectivity index (χ2v) is 8.33. The van der Waals surface area contributed by atoms with Crippen LogP contribution in [0.1, 0.15) is 51.5 Å². The van der Waals surface area contributed by atoms with E-state index in [1.165, 1.54) is 17.8 Å². The highest BCUT2D eigenvalue weighted by molar-refractivity contribution is 7.98. The van der Waals surface area contributed by atoms with Crippen LogP contribution in [0.3, 0.4) is 0 Å². The standard InChI is InChI=1S/C22H17ClN2O4S/c1-11-5-19-14(7-17(11)23)13(6-20(26)29-19)10-28-22(27)15-8-18(12-3-4-12)25-21(30-2)16(15)9-24/h5-8,12H,3-4,10H2,1-2H3. The molecular weight excluding hydrogens is 424 g/mol. The summed E-state index contributed by atoms with van der Waals surface area (Å²) >= 11 is 7.53. The number of fused-ring (bicyclic) bond motifs is 1. The Morgan fingerprint density at radius 3 is 2.80 bits per heavy atom. The fraction of sp³-hybridized carbons (Fsp3) is 0.273. The molecule has 30 heavy (non-hydrogen) atoms. The van der Waals surface area contributed by atoms with Gasteiger partial charge in [-0.15, -0.1) is 11.8 Å². The van der Waals surface area contributed by atoms with Gasteiger partial charge in [-0.25, -0.2) is 14.6 Å². The molecule has 1 aromatic carbocycles. The van der Waals surface area contributed by atoms with Gasteiger partial charge in [0, 0.05) is 33.7 Å². The van der Waals surface area contributed by atoms with Crippen LogP contribution in [-0.4, -0.2) is 17.2 Å². The van der Waals surface area contributed by atoms with Crippen LogP contribution in [0.2, 0.25) is 5.02 Å². The Morgan fingerprint density at radius 2 is 2.13 bits per heavy atom. The molecule has 0 bridgehead atoms. The zero-order valence-electron chi connectivity index (χ0n) is 16.3. The van der Waals surface area contributed by atoms with Crippen LogP contribution in [-0.2, 0) is 11.3 Å². The van der Waals surface area contributed by atoms with Crippen molar-refractivity contribution in [1.29, 1.82) is 5.26 Å². The van der Waals surface area contributed by atoms with Gasteiger partial charge in [-0.3, -0.25) is 0 Å². The number of carbonyl (C=O) groups excluding carboxylic acids is 1. The minimum Gasteiger partial charge on any atom is -0.457 e. The monoisotopic (exact) mass is 440 g/mol. The van der Waals surface area contributed by atoms with E-state index < -0.39 is 11.6 Å². The van der Waals surface area contributed by atoms with Crippen molar-refractivity contribution in [3.63, 3.8) is 0 Å². The third-order valence-electron chi connectivity index (χ3n) is 4.99. The van der Waals surface area contributed by atoms with Crippen LogP contribution < -0.4 is 5.63 Å². The Labute approximate surface area is 181 Å². The fourth-order valence-corrected chi connectivity index (χ4v) is 3.95. The van der Waals surface area contributed by atoms with Gasteiger partial charge in [-0.05, 0) is 49.8 Å². The number of pyridine rings is 1. The van der Waals surface area contributed by atoms with E-state index in [1.807, 2.05) is 13.2 Å². The van der Waals surface area contributed by atoms with Crippen LogP contribution in [0.5, 0.6) is 0 Å². The minimum absolute atomic E-state index is 0.152. The molecule has 0 spiro atoms. The van der Waals surface area contributed by atoms with Crippen molar-refractivity contribution in [3.8, 4) is 6.07 Å². The van der Waals surface area contributed by atoms with Gasteiger partial charge in [0.15, 0.2) is 0 Å². The molecule has 0 aliphatic heterocycles. The maximum atomic E-state index is 12.9. The molecule has 1 aliphatic carbocycles. The van der Waals surface area contributed by atoms with E-state index in [4.69, 9.17) is 20.8 Å². The molecule has 2 aromatic heterocycles. The van der Waals surface area contributed by atoms with Crippen LogP contribution in [0.4, 0.5) is 0 Å². The van der Waals surface area contributed by atoms with Gasteiger partial charge in [-0.1, -0.05) is 11.6 Å². The summed E-state index contributed by atoms with van der Waals surface area (Å²) < 4.78 is 10.7. The summed E-state index contributed by atoms with van der Waals surface area (Å²) in [6, 6.07) is 8.35. The number of carbonyl (C=O) groups is 1. The Kier molecular flexibility index (Phi) is 5.54. The number of nitrogens with zero attached hydrogens (tertiary/aromatic N) is 2. The molecule has 0 saturated heterocycles. The number of thioether (sulfide) groups is 1. The zero-order valence-corrected chi connectivity index (χ0v) is 17.9. The largest absolute Gasteiger partial charge is 0.457 e. The fourth-order valence-electron chi connectivity index (χ4n) is 3.23. The van der Waals surface area contributed by atoms with E-state index in [0.717, 1.165) is 24.1 Å². The molecule has 1 saturated carbocycles. The normalized spacial score (nSPS) is 13.3. The molecule has 6 nitrogen and oxygen atoms in total. The zero-order chi connectivity index (χ0) is 21.4. The van der Waals surface area contributed by atoms with Gasteiger partial charge >= 0.3 is 11.6 Å². The minimum atomic E-state index is -0.634. The molecule has 0 radical (unpaired) electrons. The summed E-state index contributed by atoms with van der Waals surface area (Å²) in [5.41, 5.74) is 2.28. The molecule has 0 unspecified atom stereocenters. The van der Waals surface area contributed by atoms with Crippen LogP contribution in [0.15, 0.2) is 38.5 Å². The van der Waals surface area contributed by atoms with Gasteiger partial charge in [0.05, 0.1) is 11.1 Å². The average molecular weight is 441 g/mol. The summed E-state index contributed by atoms with van der Waals surface area (Å²) in [4.78, 5) is 29.3. The third kappa shape index (κ3) is 3.93. The number of halogens is 1. The smallest absolute Gasteiger partial charge is 0.339 e. The predicted molar refractivity (Wildman–Crippen MR) is 114 cm³/mol. The quantitative estimate of drug-likeness (QED) is 0.314. The summed E-state index contributed by atoms with van der Waals surface area (Å²) in [5.74, 6) is -0.311. The highest BCUT2D eigenvalue weighted by Crippen LogP contribution is 2.40. The van der Waals surface area contributed by atoms with Gasteiger partial charge in [0.25, 0.3) is 0 Å². The lowest BCUT2D eigenvalue weighted by Crippen LogP contribution is -2.11. The van der Waals surface area contributed by atoms with E-state index in [-0.39, 0.29) is 17.7 Å². The lowest BCUT2D eigenvalue weighted by molar-refractivity contribution is 0.0472. The molecule has 2 heterocycles. The molecule has 0 N–H and O–H groups in total. The van der Waals surface area contributed by atoms with Crippen molar-refractivity contribution in [2.24, 2.45) is 0 Å². The van der Waals surface area contributed by atoms with Gasteiger partial charge in [0.2, 0.25) is 0 Å². The van der Waals surface area contributed by atoms with E-state index in [1.54, 1.807) is 18.2 Å². The van der Waals surface area contributed by atoms with Gasteiger partial charge in [0.1, 0.15) is 23.3 Å². The number of ether oxygens (including phenoxy) is 1. The SMILES string of the molecule is CSc1nc(C2CC2)cc(C(=O)OCc2cc(=O)oc3cc(C)c(Cl)cc23)c1C#N. The van der Waals surface area contributed by atoms with Crippen molar-refractivity contribution in [1.82, 2.24) is 4.98 Å². The lowest BCUT2D eigenvalue weighted by atomic mass is 10.1.